The Kier molecular flexibility index (Phi) is 9.32. The van der Waals surface area contributed by atoms with Crippen LogP contribution in [-0.4, -0.2) is 70.5 Å². The van der Waals surface area contributed by atoms with Crippen LogP contribution in [0, 0.1) is 11.3 Å². The number of hydrogen-bond acceptors (Lipinski definition) is 8. The molecule has 1 aliphatic rings. The van der Waals surface area contributed by atoms with Gasteiger partial charge in [-0.15, -0.1) is 0 Å². The van der Waals surface area contributed by atoms with Crippen LogP contribution < -0.4 is 4.74 Å². The summed E-state index contributed by atoms with van der Waals surface area (Å²) in [6.07, 6.45) is -0.303. The maximum atomic E-state index is 13.2. The molecule has 0 N–H and O–H groups in total. The molecule has 1 fully saturated rings. The SMILES string of the molecule is COC(=O)c1ccc(COC(CN2CCN(S(=O)(=O)c3ccccc3C#N)CC2)c2cccc(OC)c2)cc1. The van der Waals surface area contributed by atoms with Crippen LogP contribution in [0.3, 0.4) is 0 Å². The Morgan fingerprint density at radius 1 is 0.974 bits per heavy atom. The molecular formula is C29H31N3O6S. The predicted molar refractivity (Wildman–Crippen MR) is 145 cm³/mol. The van der Waals surface area contributed by atoms with Gasteiger partial charge in [-0.05, 0) is 47.5 Å². The van der Waals surface area contributed by atoms with Crippen molar-refractivity contribution in [1.29, 1.82) is 5.26 Å². The van der Waals surface area contributed by atoms with E-state index < -0.39 is 16.0 Å². The van der Waals surface area contributed by atoms with Gasteiger partial charge in [0.25, 0.3) is 0 Å². The smallest absolute Gasteiger partial charge is 0.337 e. The van der Waals surface area contributed by atoms with Gasteiger partial charge in [-0.25, -0.2) is 13.2 Å². The molecule has 0 aromatic heterocycles. The first-order valence-electron chi connectivity index (χ1n) is 12.5. The minimum absolute atomic E-state index is 0.0387. The Bertz CT molecular complexity index is 1430. The molecule has 1 atom stereocenters. The largest absolute Gasteiger partial charge is 0.497 e. The van der Waals surface area contributed by atoms with Gasteiger partial charge in [0.2, 0.25) is 10.0 Å². The van der Waals surface area contributed by atoms with Crippen LogP contribution in [0.1, 0.15) is 33.2 Å². The fourth-order valence-electron chi connectivity index (χ4n) is 4.46. The molecule has 0 spiro atoms. The van der Waals surface area contributed by atoms with E-state index in [1.54, 1.807) is 31.4 Å². The molecule has 10 heteroatoms. The third kappa shape index (κ3) is 6.82. The lowest BCUT2D eigenvalue weighted by Gasteiger charge is -2.36. The number of methoxy groups -OCH3 is 2. The zero-order chi connectivity index (χ0) is 27.8. The number of nitrogens with zero attached hydrogens (tertiary/aromatic N) is 3. The van der Waals surface area contributed by atoms with Gasteiger partial charge in [-0.2, -0.15) is 9.57 Å². The van der Waals surface area contributed by atoms with E-state index in [2.05, 4.69) is 4.90 Å². The summed E-state index contributed by atoms with van der Waals surface area (Å²) in [6, 6.07) is 23.0. The number of piperazine rings is 1. The number of benzene rings is 3. The molecule has 0 saturated carbocycles. The quantitative estimate of drug-likeness (QED) is 0.353. The molecule has 39 heavy (non-hydrogen) atoms. The summed E-state index contributed by atoms with van der Waals surface area (Å²) < 4.78 is 44.4. The topological polar surface area (TPSA) is 109 Å². The minimum Gasteiger partial charge on any atom is -0.497 e. The monoisotopic (exact) mass is 549 g/mol. The molecule has 0 aliphatic carbocycles. The van der Waals surface area contributed by atoms with Gasteiger partial charge in [0.15, 0.2) is 0 Å². The molecule has 1 heterocycles. The van der Waals surface area contributed by atoms with E-state index in [1.807, 2.05) is 42.5 Å². The number of carbonyl (C=O) groups excluding carboxylic acids is 1. The van der Waals surface area contributed by atoms with E-state index in [-0.39, 0.29) is 16.6 Å². The molecule has 1 unspecified atom stereocenters. The standard InChI is InChI=1S/C29H31N3O6S/c1-36-26-8-5-7-24(18-26)27(38-21-22-10-12-23(13-11-22)29(33)37-2)20-31-14-16-32(17-15-31)39(34,35)28-9-4-3-6-25(28)19-30/h3-13,18,27H,14-17,20-21H2,1-2H3. The summed E-state index contributed by atoms with van der Waals surface area (Å²) in [5, 5.41) is 9.36. The molecule has 0 radical (unpaired) electrons. The lowest BCUT2D eigenvalue weighted by molar-refractivity contribution is 0.00761. The van der Waals surface area contributed by atoms with Crippen LogP contribution in [0.25, 0.3) is 0 Å². The maximum Gasteiger partial charge on any atom is 0.337 e. The second-order valence-corrected chi connectivity index (χ2v) is 11.0. The summed E-state index contributed by atoms with van der Waals surface area (Å²) in [7, 11) is -0.813. The lowest BCUT2D eigenvalue weighted by Crippen LogP contribution is -2.49. The van der Waals surface area contributed by atoms with Gasteiger partial charge < -0.3 is 14.2 Å². The third-order valence-corrected chi connectivity index (χ3v) is 8.63. The van der Waals surface area contributed by atoms with E-state index >= 15 is 0 Å². The number of carbonyl (C=O) groups is 1. The molecule has 0 bridgehead atoms. The normalized spacial score (nSPS) is 15.3. The number of hydrogen-bond donors (Lipinski definition) is 0. The van der Waals surface area contributed by atoms with Crippen molar-refractivity contribution in [3.05, 3.63) is 95.1 Å². The van der Waals surface area contributed by atoms with E-state index in [1.165, 1.54) is 23.5 Å². The van der Waals surface area contributed by atoms with Crippen molar-refractivity contribution in [3.63, 3.8) is 0 Å². The van der Waals surface area contributed by atoms with E-state index in [4.69, 9.17) is 14.2 Å². The van der Waals surface area contributed by atoms with Crippen LogP contribution in [-0.2, 0) is 26.1 Å². The highest BCUT2D eigenvalue weighted by Crippen LogP contribution is 2.26. The first-order chi connectivity index (χ1) is 18.8. The Labute approximate surface area is 229 Å². The summed E-state index contributed by atoms with van der Waals surface area (Å²) in [6.45, 7) is 2.53. The number of esters is 1. The Hall–Kier alpha value is -3.75. The second-order valence-electron chi connectivity index (χ2n) is 9.08. The molecule has 3 aromatic carbocycles. The molecule has 9 nitrogen and oxygen atoms in total. The molecule has 204 valence electrons. The summed E-state index contributed by atoms with van der Waals surface area (Å²) in [4.78, 5) is 13.9. The molecular weight excluding hydrogens is 518 g/mol. The second kappa shape index (κ2) is 12.9. The van der Waals surface area contributed by atoms with Gasteiger partial charge in [0.1, 0.15) is 11.8 Å². The lowest BCUT2D eigenvalue weighted by atomic mass is 10.1. The summed E-state index contributed by atoms with van der Waals surface area (Å²) in [5.74, 6) is 0.324. The zero-order valence-corrected chi connectivity index (χ0v) is 22.8. The zero-order valence-electron chi connectivity index (χ0n) is 21.9. The number of sulfonamides is 1. The number of rotatable bonds is 10. The van der Waals surface area contributed by atoms with Gasteiger partial charge in [0.05, 0.1) is 43.0 Å². The van der Waals surface area contributed by atoms with Gasteiger partial charge in [-0.1, -0.05) is 36.4 Å². The van der Waals surface area contributed by atoms with E-state index in [9.17, 15) is 18.5 Å². The Morgan fingerprint density at radius 2 is 1.69 bits per heavy atom. The van der Waals surface area contributed by atoms with Crippen LogP contribution >= 0.6 is 0 Å². The summed E-state index contributed by atoms with van der Waals surface area (Å²) in [5.41, 5.74) is 2.46. The van der Waals surface area contributed by atoms with Crippen molar-refractivity contribution in [2.45, 2.75) is 17.6 Å². The maximum absolute atomic E-state index is 13.2. The van der Waals surface area contributed by atoms with Crippen LogP contribution in [0.4, 0.5) is 0 Å². The van der Waals surface area contributed by atoms with Crippen molar-refractivity contribution < 1.29 is 27.4 Å². The van der Waals surface area contributed by atoms with Gasteiger partial charge >= 0.3 is 5.97 Å². The van der Waals surface area contributed by atoms with Gasteiger partial charge in [0, 0.05) is 32.7 Å². The van der Waals surface area contributed by atoms with Crippen LogP contribution in [0.2, 0.25) is 0 Å². The van der Waals surface area contributed by atoms with Crippen LogP contribution in [0.15, 0.2) is 77.7 Å². The van der Waals surface area contributed by atoms with Crippen molar-refractivity contribution in [2.75, 3.05) is 46.9 Å². The molecule has 0 amide bonds. The molecule has 3 aromatic rings. The van der Waals surface area contributed by atoms with Crippen molar-refractivity contribution in [3.8, 4) is 11.8 Å². The Balaban J connectivity index is 1.45. The average Bonchev–Trinajstić information content (AvgIpc) is 2.99. The summed E-state index contributed by atoms with van der Waals surface area (Å²) >= 11 is 0. The highest BCUT2D eigenvalue weighted by molar-refractivity contribution is 7.89. The first kappa shape index (κ1) is 28.3. The van der Waals surface area contributed by atoms with Crippen molar-refractivity contribution in [1.82, 2.24) is 9.21 Å². The van der Waals surface area contributed by atoms with E-state index in [0.717, 1.165) is 16.9 Å². The Morgan fingerprint density at radius 3 is 2.36 bits per heavy atom. The van der Waals surface area contributed by atoms with Gasteiger partial charge in [-0.3, -0.25) is 4.90 Å². The first-order valence-corrected chi connectivity index (χ1v) is 13.9. The fraction of sp³-hybridized carbons (Fsp3) is 0.310. The van der Waals surface area contributed by atoms with Crippen LogP contribution in [0.5, 0.6) is 5.75 Å². The minimum atomic E-state index is -3.77. The number of nitriles is 1. The predicted octanol–water partition coefficient (Wildman–Crippen LogP) is 3.62. The number of ether oxygens (including phenoxy) is 3. The average molecular weight is 550 g/mol. The van der Waals surface area contributed by atoms with E-state index in [0.29, 0.717) is 44.9 Å². The molecule has 1 saturated heterocycles. The fourth-order valence-corrected chi connectivity index (χ4v) is 6.02. The highest BCUT2D eigenvalue weighted by Gasteiger charge is 2.31. The molecule has 4 rings (SSSR count). The highest BCUT2D eigenvalue weighted by atomic mass is 32.2. The third-order valence-electron chi connectivity index (χ3n) is 6.67. The van der Waals surface area contributed by atoms with Crippen molar-refractivity contribution in [2.24, 2.45) is 0 Å². The molecule has 1 aliphatic heterocycles. The van der Waals surface area contributed by atoms with Crippen molar-refractivity contribution >= 4 is 16.0 Å².